The average Bonchev–Trinajstić information content (AvgIpc) is 2.81. The molecule has 1 atom stereocenters. The number of fused-ring (bicyclic) bond motifs is 1. The molecule has 0 aliphatic carbocycles. The average molecular weight is 229 g/mol. The van der Waals surface area contributed by atoms with Crippen molar-refractivity contribution in [1.29, 1.82) is 0 Å². The van der Waals surface area contributed by atoms with E-state index in [1.165, 1.54) is 31.4 Å². The molecule has 2 heterocycles. The molecule has 0 amide bonds. The van der Waals surface area contributed by atoms with E-state index in [0.717, 1.165) is 19.0 Å². The standard InChI is InChI=1S/C14H19N3/c1-2-6-12(7-3-1)10-15-14-16-11-13-8-4-5-9-17(13)14/h1-3,6-7,13H,4-5,8-11H2,(H,15,16)/t13-/m1/s1. The molecule has 0 bridgehead atoms. The molecule has 1 N–H and O–H groups in total. The van der Waals surface area contributed by atoms with Gasteiger partial charge in [-0.05, 0) is 24.8 Å². The van der Waals surface area contributed by atoms with Gasteiger partial charge in [-0.1, -0.05) is 30.3 Å². The third kappa shape index (κ3) is 2.28. The van der Waals surface area contributed by atoms with E-state index in [1.807, 2.05) is 0 Å². The van der Waals surface area contributed by atoms with Gasteiger partial charge < -0.3 is 10.2 Å². The molecule has 90 valence electrons. The Morgan fingerprint density at radius 3 is 3.00 bits per heavy atom. The number of piperidine rings is 1. The fraction of sp³-hybridized carbons (Fsp3) is 0.500. The van der Waals surface area contributed by atoms with Crippen LogP contribution in [0.15, 0.2) is 35.3 Å². The molecular formula is C14H19N3. The zero-order valence-electron chi connectivity index (χ0n) is 10.1. The van der Waals surface area contributed by atoms with Crippen LogP contribution in [0.4, 0.5) is 0 Å². The van der Waals surface area contributed by atoms with Crippen molar-refractivity contribution in [3.05, 3.63) is 35.9 Å². The Morgan fingerprint density at radius 1 is 1.24 bits per heavy atom. The fourth-order valence-electron chi connectivity index (χ4n) is 2.69. The molecule has 0 spiro atoms. The van der Waals surface area contributed by atoms with E-state index in [0.29, 0.717) is 6.04 Å². The largest absolute Gasteiger partial charge is 0.352 e. The van der Waals surface area contributed by atoms with E-state index in [-0.39, 0.29) is 0 Å². The number of nitrogens with one attached hydrogen (secondary N) is 1. The summed E-state index contributed by atoms with van der Waals surface area (Å²) in [5.41, 5.74) is 1.32. The van der Waals surface area contributed by atoms with Gasteiger partial charge in [0.15, 0.2) is 5.96 Å². The maximum Gasteiger partial charge on any atom is 0.194 e. The minimum absolute atomic E-state index is 0.669. The van der Waals surface area contributed by atoms with Crippen LogP contribution in [0.25, 0.3) is 0 Å². The Labute approximate surface area is 103 Å². The first-order valence-electron chi connectivity index (χ1n) is 6.52. The van der Waals surface area contributed by atoms with E-state index >= 15 is 0 Å². The molecule has 2 aliphatic rings. The molecule has 3 rings (SSSR count). The van der Waals surface area contributed by atoms with Crippen LogP contribution in [-0.2, 0) is 6.54 Å². The molecule has 0 saturated carbocycles. The predicted octanol–water partition coefficient (Wildman–Crippen LogP) is 2.00. The van der Waals surface area contributed by atoms with Crippen molar-refractivity contribution in [3.63, 3.8) is 0 Å². The van der Waals surface area contributed by atoms with Gasteiger partial charge >= 0.3 is 0 Å². The molecule has 3 heteroatoms. The number of hydrogen-bond acceptors (Lipinski definition) is 3. The lowest BCUT2D eigenvalue weighted by molar-refractivity contribution is 0.262. The quantitative estimate of drug-likeness (QED) is 0.840. The summed E-state index contributed by atoms with van der Waals surface area (Å²) in [6.07, 6.45) is 3.98. The summed E-state index contributed by atoms with van der Waals surface area (Å²) >= 11 is 0. The van der Waals surface area contributed by atoms with Gasteiger partial charge in [0.05, 0.1) is 12.6 Å². The van der Waals surface area contributed by atoms with Gasteiger partial charge in [0.1, 0.15) is 0 Å². The smallest absolute Gasteiger partial charge is 0.194 e. The van der Waals surface area contributed by atoms with Crippen molar-refractivity contribution >= 4 is 5.96 Å². The van der Waals surface area contributed by atoms with Crippen LogP contribution in [0.1, 0.15) is 24.8 Å². The van der Waals surface area contributed by atoms with Crippen LogP contribution in [0.3, 0.4) is 0 Å². The summed E-state index contributed by atoms with van der Waals surface area (Å²) < 4.78 is 0. The Morgan fingerprint density at radius 2 is 2.12 bits per heavy atom. The minimum Gasteiger partial charge on any atom is -0.352 e. The van der Waals surface area contributed by atoms with Gasteiger partial charge in [-0.2, -0.15) is 0 Å². The third-order valence-electron chi connectivity index (χ3n) is 3.64. The highest BCUT2D eigenvalue weighted by Gasteiger charge is 2.29. The summed E-state index contributed by atoms with van der Waals surface area (Å²) in [6, 6.07) is 11.2. The normalized spacial score (nSPS) is 23.2. The van der Waals surface area contributed by atoms with E-state index < -0.39 is 0 Å². The van der Waals surface area contributed by atoms with Crippen molar-refractivity contribution in [2.75, 3.05) is 13.1 Å². The molecule has 1 fully saturated rings. The topological polar surface area (TPSA) is 27.6 Å². The minimum atomic E-state index is 0.669. The molecule has 2 aliphatic heterocycles. The molecule has 0 aromatic heterocycles. The van der Waals surface area contributed by atoms with Crippen LogP contribution in [0.5, 0.6) is 0 Å². The maximum atomic E-state index is 4.63. The first kappa shape index (κ1) is 10.6. The summed E-state index contributed by atoms with van der Waals surface area (Å²) in [4.78, 5) is 7.08. The van der Waals surface area contributed by atoms with Crippen LogP contribution in [0.2, 0.25) is 0 Å². The van der Waals surface area contributed by atoms with Gasteiger partial charge in [0.25, 0.3) is 0 Å². The molecule has 3 nitrogen and oxygen atoms in total. The Kier molecular flexibility index (Phi) is 2.99. The van der Waals surface area contributed by atoms with E-state index in [1.54, 1.807) is 0 Å². The second-order valence-electron chi connectivity index (χ2n) is 4.85. The van der Waals surface area contributed by atoms with Gasteiger partial charge in [0, 0.05) is 13.1 Å². The highest BCUT2D eigenvalue weighted by Crippen LogP contribution is 2.21. The zero-order valence-corrected chi connectivity index (χ0v) is 10.1. The second kappa shape index (κ2) is 4.78. The van der Waals surface area contributed by atoms with Gasteiger partial charge in [-0.25, -0.2) is 0 Å². The number of guanidine groups is 1. The van der Waals surface area contributed by atoms with E-state index in [2.05, 4.69) is 45.5 Å². The zero-order chi connectivity index (χ0) is 11.5. The van der Waals surface area contributed by atoms with Crippen molar-refractivity contribution in [3.8, 4) is 0 Å². The second-order valence-corrected chi connectivity index (χ2v) is 4.85. The Balaban J connectivity index is 1.59. The van der Waals surface area contributed by atoms with Crippen LogP contribution < -0.4 is 5.32 Å². The maximum absolute atomic E-state index is 4.63. The lowest BCUT2D eigenvalue weighted by atomic mass is 10.0. The van der Waals surface area contributed by atoms with Crippen molar-refractivity contribution in [1.82, 2.24) is 10.2 Å². The summed E-state index contributed by atoms with van der Waals surface area (Å²) in [5.74, 6) is 1.11. The van der Waals surface area contributed by atoms with Crippen LogP contribution in [0, 0.1) is 0 Å². The monoisotopic (exact) mass is 229 g/mol. The predicted molar refractivity (Wildman–Crippen MR) is 69.9 cm³/mol. The number of aliphatic imine (C=N–C) groups is 1. The molecule has 1 aromatic rings. The van der Waals surface area contributed by atoms with Crippen molar-refractivity contribution < 1.29 is 0 Å². The fourth-order valence-corrected chi connectivity index (χ4v) is 2.69. The highest BCUT2D eigenvalue weighted by molar-refractivity contribution is 5.82. The van der Waals surface area contributed by atoms with Gasteiger partial charge in [-0.15, -0.1) is 0 Å². The lowest BCUT2D eigenvalue weighted by Gasteiger charge is -2.32. The Hall–Kier alpha value is -1.51. The summed E-state index contributed by atoms with van der Waals surface area (Å²) in [7, 11) is 0. The molecule has 0 unspecified atom stereocenters. The summed E-state index contributed by atoms with van der Waals surface area (Å²) in [6.45, 7) is 3.03. The molecule has 1 aromatic carbocycles. The molecule has 17 heavy (non-hydrogen) atoms. The van der Waals surface area contributed by atoms with Crippen LogP contribution in [-0.4, -0.2) is 30.0 Å². The van der Waals surface area contributed by atoms with Crippen LogP contribution >= 0.6 is 0 Å². The molecule has 0 radical (unpaired) electrons. The van der Waals surface area contributed by atoms with Crippen molar-refractivity contribution in [2.24, 2.45) is 4.99 Å². The number of hydrogen-bond donors (Lipinski definition) is 1. The summed E-state index contributed by atoms with van der Waals surface area (Å²) in [5, 5.41) is 3.47. The first-order chi connectivity index (χ1) is 8.43. The lowest BCUT2D eigenvalue weighted by Crippen LogP contribution is -2.45. The van der Waals surface area contributed by atoms with E-state index in [9.17, 15) is 0 Å². The number of rotatable bonds is 2. The van der Waals surface area contributed by atoms with Gasteiger partial charge in [-0.3, -0.25) is 4.99 Å². The van der Waals surface area contributed by atoms with E-state index in [4.69, 9.17) is 0 Å². The third-order valence-corrected chi connectivity index (χ3v) is 3.64. The Bertz CT molecular complexity index is 399. The molecule has 1 saturated heterocycles. The van der Waals surface area contributed by atoms with Gasteiger partial charge in [0.2, 0.25) is 0 Å². The number of nitrogens with zero attached hydrogens (tertiary/aromatic N) is 2. The SMILES string of the molecule is c1ccc(CNC2=NC[C@H]3CCCCN23)cc1. The first-order valence-corrected chi connectivity index (χ1v) is 6.52. The highest BCUT2D eigenvalue weighted by atomic mass is 15.4. The van der Waals surface area contributed by atoms with Crippen molar-refractivity contribution in [2.45, 2.75) is 31.8 Å². The number of benzene rings is 1. The molecular weight excluding hydrogens is 210 g/mol.